The van der Waals surface area contributed by atoms with E-state index >= 15 is 0 Å². The van der Waals surface area contributed by atoms with Gasteiger partial charge in [0.15, 0.2) is 0 Å². The van der Waals surface area contributed by atoms with Gasteiger partial charge in [-0.15, -0.1) is 0 Å². The molecule has 0 aliphatic rings. The number of nitrogens with zero attached hydrogens (tertiary/aromatic N) is 1. The number of urea groups is 1. The first kappa shape index (κ1) is 17.4. The molecule has 2 aromatic rings. The SMILES string of the molecule is Cc1cc(Sc2ccccc2)ccc1NC(=O)N(C)C(C)CO. The summed E-state index contributed by atoms with van der Waals surface area (Å²) in [6.45, 7) is 3.71. The third-order valence-corrected chi connectivity index (χ3v) is 4.66. The van der Waals surface area contributed by atoms with Gasteiger partial charge >= 0.3 is 6.03 Å². The molecule has 0 heterocycles. The molecule has 0 bridgehead atoms. The van der Waals surface area contributed by atoms with E-state index in [1.54, 1.807) is 25.7 Å². The van der Waals surface area contributed by atoms with Gasteiger partial charge in [0, 0.05) is 22.5 Å². The van der Waals surface area contributed by atoms with Gasteiger partial charge in [-0.3, -0.25) is 0 Å². The number of carbonyl (C=O) groups is 1. The van der Waals surface area contributed by atoms with Gasteiger partial charge in [0.1, 0.15) is 0 Å². The molecule has 1 unspecified atom stereocenters. The minimum Gasteiger partial charge on any atom is -0.394 e. The fourth-order valence-electron chi connectivity index (χ4n) is 1.99. The maximum Gasteiger partial charge on any atom is 0.321 e. The largest absolute Gasteiger partial charge is 0.394 e. The topological polar surface area (TPSA) is 52.6 Å². The van der Waals surface area contributed by atoms with Crippen molar-refractivity contribution in [3.8, 4) is 0 Å². The van der Waals surface area contributed by atoms with Crippen LogP contribution < -0.4 is 5.32 Å². The van der Waals surface area contributed by atoms with Crippen LogP contribution in [0.25, 0.3) is 0 Å². The highest BCUT2D eigenvalue weighted by Crippen LogP contribution is 2.30. The van der Waals surface area contributed by atoms with Crippen molar-refractivity contribution in [3.05, 3.63) is 54.1 Å². The van der Waals surface area contributed by atoms with Crippen molar-refractivity contribution in [1.82, 2.24) is 4.90 Å². The van der Waals surface area contributed by atoms with Crippen LogP contribution in [-0.4, -0.2) is 35.7 Å². The molecule has 0 saturated carbocycles. The molecular formula is C18H22N2O2S. The van der Waals surface area contributed by atoms with Crippen LogP contribution in [0, 0.1) is 6.92 Å². The fourth-order valence-corrected chi connectivity index (χ4v) is 2.93. The minimum atomic E-state index is -0.224. The number of aryl methyl sites for hydroxylation is 1. The van der Waals surface area contributed by atoms with Gasteiger partial charge in [0.25, 0.3) is 0 Å². The quantitative estimate of drug-likeness (QED) is 0.871. The van der Waals surface area contributed by atoms with E-state index in [0.29, 0.717) is 0 Å². The minimum absolute atomic E-state index is 0.0600. The summed E-state index contributed by atoms with van der Waals surface area (Å²) in [6.07, 6.45) is 0. The van der Waals surface area contributed by atoms with Crippen LogP contribution in [0.15, 0.2) is 58.3 Å². The standard InChI is InChI=1S/C18H22N2O2S/c1-13-11-16(23-15-7-5-4-6-8-15)9-10-17(13)19-18(22)20(3)14(2)12-21/h4-11,14,21H,12H2,1-3H3,(H,19,22). The molecule has 0 saturated heterocycles. The van der Waals surface area contributed by atoms with Crippen molar-refractivity contribution in [3.63, 3.8) is 0 Å². The maximum absolute atomic E-state index is 12.1. The van der Waals surface area contributed by atoms with Crippen LogP contribution in [-0.2, 0) is 0 Å². The number of anilines is 1. The van der Waals surface area contributed by atoms with Gasteiger partial charge in [0.05, 0.1) is 12.6 Å². The van der Waals surface area contributed by atoms with E-state index in [2.05, 4.69) is 23.5 Å². The highest BCUT2D eigenvalue weighted by Gasteiger charge is 2.15. The highest BCUT2D eigenvalue weighted by atomic mass is 32.2. The zero-order valence-electron chi connectivity index (χ0n) is 13.6. The number of likely N-dealkylation sites (N-methyl/N-ethyl adjacent to an activating group) is 1. The predicted molar refractivity (Wildman–Crippen MR) is 95.1 cm³/mol. The fraction of sp³-hybridized carbons (Fsp3) is 0.278. The number of hydrogen-bond donors (Lipinski definition) is 2. The Morgan fingerprint density at radius 1 is 1.22 bits per heavy atom. The average molecular weight is 330 g/mol. The molecule has 122 valence electrons. The summed E-state index contributed by atoms with van der Waals surface area (Å²) in [5.41, 5.74) is 1.79. The van der Waals surface area contributed by atoms with Crippen LogP contribution in [0.1, 0.15) is 12.5 Å². The molecule has 2 amide bonds. The summed E-state index contributed by atoms with van der Waals surface area (Å²) >= 11 is 1.69. The van der Waals surface area contributed by atoms with Crippen molar-refractivity contribution in [2.24, 2.45) is 0 Å². The summed E-state index contributed by atoms with van der Waals surface area (Å²) < 4.78 is 0. The van der Waals surface area contributed by atoms with E-state index in [1.807, 2.05) is 37.3 Å². The molecule has 23 heavy (non-hydrogen) atoms. The van der Waals surface area contributed by atoms with E-state index in [1.165, 1.54) is 9.80 Å². The van der Waals surface area contributed by atoms with E-state index in [-0.39, 0.29) is 18.7 Å². The zero-order valence-corrected chi connectivity index (χ0v) is 14.4. The van der Waals surface area contributed by atoms with Crippen molar-refractivity contribution in [2.45, 2.75) is 29.7 Å². The summed E-state index contributed by atoms with van der Waals surface area (Å²) in [6, 6.07) is 15.7. The van der Waals surface area contributed by atoms with Crippen molar-refractivity contribution in [1.29, 1.82) is 0 Å². The first-order chi connectivity index (χ1) is 11.0. The number of carbonyl (C=O) groups excluding carboxylic acids is 1. The lowest BCUT2D eigenvalue weighted by Crippen LogP contribution is -2.40. The summed E-state index contributed by atoms with van der Waals surface area (Å²) in [7, 11) is 1.67. The van der Waals surface area contributed by atoms with Gasteiger partial charge in [-0.25, -0.2) is 4.79 Å². The molecular weight excluding hydrogens is 308 g/mol. The number of hydrogen-bond acceptors (Lipinski definition) is 3. The van der Waals surface area contributed by atoms with Crippen LogP contribution >= 0.6 is 11.8 Å². The van der Waals surface area contributed by atoms with E-state index < -0.39 is 0 Å². The number of aliphatic hydroxyl groups excluding tert-OH is 1. The molecule has 2 N–H and O–H groups in total. The monoisotopic (exact) mass is 330 g/mol. The number of aliphatic hydroxyl groups is 1. The molecule has 2 rings (SSSR count). The third kappa shape index (κ3) is 4.74. The number of benzene rings is 2. The van der Waals surface area contributed by atoms with Crippen molar-refractivity contribution in [2.75, 3.05) is 19.0 Å². The van der Waals surface area contributed by atoms with E-state index in [9.17, 15) is 4.79 Å². The molecule has 5 heteroatoms. The second-order valence-electron chi connectivity index (χ2n) is 5.46. The zero-order chi connectivity index (χ0) is 16.8. The lowest BCUT2D eigenvalue weighted by Gasteiger charge is -2.24. The Morgan fingerprint density at radius 3 is 2.52 bits per heavy atom. The molecule has 2 aromatic carbocycles. The smallest absolute Gasteiger partial charge is 0.321 e. The lowest BCUT2D eigenvalue weighted by atomic mass is 10.2. The first-order valence-electron chi connectivity index (χ1n) is 7.49. The van der Waals surface area contributed by atoms with E-state index in [0.717, 1.165) is 16.1 Å². The molecule has 0 aromatic heterocycles. The van der Waals surface area contributed by atoms with Gasteiger partial charge in [-0.2, -0.15) is 0 Å². The van der Waals surface area contributed by atoms with Gasteiger partial charge in [0.2, 0.25) is 0 Å². The number of amides is 2. The molecule has 0 spiro atoms. The Bertz CT molecular complexity index is 661. The van der Waals surface area contributed by atoms with E-state index in [4.69, 9.17) is 5.11 Å². The average Bonchev–Trinajstić information content (AvgIpc) is 2.56. The molecule has 1 atom stereocenters. The van der Waals surface area contributed by atoms with Gasteiger partial charge < -0.3 is 15.3 Å². The van der Waals surface area contributed by atoms with Crippen molar-refractivity contribution < 1.29 is 9.90 Å². The summed E-state index contributed by atoms with van der Waals surface area (Å²) in [4.78, 5) is 15.9. The summed E-state index contributed by atoms with van der Waals surface area (Å²) in [5.74, 6) is 0. The normalized spacial score (nSPS) is 11.8. The first-order valence-corrected chi connectivity index (χ1v) is 8.31. The Morgan fingerprint density at radius 2 is 1.91 bits per heavy atom. The summed E-state index contributed by atoms with van der Waals surface area (Å²) in [5, 5.41) is 12.0. The van der Waals surface area contributed by atoms with Crippen molar-refractivity contribution >= 4 is 23.5 Å². The van der Waals surface area contributed by atoms with Gasteiger partial charge in [-0.05, 0) is 49.7 Å². The Kier molecular flexibility index (Phi) is 6.07. The lowest BCUT2D eigenvalue weighted by molar-refractivity contribution is 0.166. The molecule has 4 nitrogen and oxygen atoms in total. The highest BCUT2D eigenvalue weighted by molar-refractivity contribution is 7.99. The predicted octanol–water partition coefficient (Wildman–Crippen LogP) is 3.99. The number of rotatable bonds is 5. The maximum atomic E-state index is 12.1. The van der Waals surface area contributed by atoms with Crippen LogP contribution in [0.4, 0.5) is 10.5 Å². The molecule has 0 aliphatic carbocycles. The van der Waals surface area contributed by atoms with Crippen LogP contribution in [0.2, 0.25) is 0 Å². The van der Waals surface area contributed by atoms with Crippen LogP contribution in [0.5, 0.6) is 0 Å². The number of nitrogens with one attached hydrogen (secondary N) is 1. The molecule has 0 fully saturated rings. The third-order valence-electron chi connectivity index (χ3n) is 3.66. The second kappa shape index (κ2) is 8.04. The van der Waals surface area contributed by atoms with Crippen LogP contribution in [0.3, 0.4) is 0 Å². The Labute approximate surface area is 141 Å². The Hall–Kier alpha value is -1.98. The molecule has 0 aliphatic heterocycles. The Balaban J connectivity index is 2.06. The second-order valence-corrected chi connectivity index (χ2v) is 6.61. The molecule has 0 radical (unpaired) electrons. The van der Waals surface area contributed by atoms with Gasteiger partial charge in [-0.1, -0.05) is 30.0 Å².